The van der Waals surface area contributed by atoms with Crippen molar-refractivity contribution in [3.8, 4) is 0 Å². The average Bonchev–Trinajstić information content (AvgIpc) is 2.91. The third kappa shape index (κ3) is 3.96. The van der Waals surface area contributed by atoms with Crippen LogP contribution < -0.4 is 10.7 Å². The standard InChI is InChI=1S/C13H10ClN3O3/c14-9-3-1-4-10(7-9)16-12(18)13(19)17-15-8-11-5-2-6-20-11/h1-8H,(H,16,18)(H,17,19)/b15-8+. The summed E-state index contributed by atoms with van der Waals surface area (Å²) < 4.78 is 4.97. The van der Waals surface area contributed by atoms with Crippen LogP contribution in [0.2, 0.25) is 5.02 Å². The average molecular weight is 292 g/mol. The van der Waals surface area contributed by atoms with Gasteiger partial charge in [0.25, 0.3) is 0 Å². The number of carbonyl (C=O) groups excluding carboxylic acids is 2. The maximum absolute atomic E-state index is 11.6. The Balaban J connectivity index is 1.87. The van der Waals surface area contributed by atoms with Crippen LogP contribution in [0.25, 0.3) is 0 Å². The van der Waals surface area contributed by atoms with Crippen molar-refractivity contribution in [2.24, 2.45) is 5.10 Å². The quantitative estimate of drug-likeness (QED) is 0.515. The van der Waals surface area contributed by atoms with Crippen molar-refractivity contribution in [2.45, 2.75) is 0 Å². The Hall–Kier alpha value is -2.60. The number of nitrogens with one attached hydrogen (secondary N) is 2. The lowest BCUT2D eigenvalue weighted by Crippen LogP contribution is -2.32. The van der Waals surface area contributed by atoms with E-state index in [4.69, 9.17) is 16.0 Å². The van der Waals surface area contributed by atoms with Gasteiger partial charge in [-0.2, -0.15) is 5.10 Å². The van der Waals surface area contributed by atoms with Crippen molar-refractivity contribution >= 4 is 35.3 Å². The highest BCUT2D eigenvalue weighted by molar-refractivity contribution is 6.39. The van der Waals surface area contributed by atoms with E-state index in [9.17, 15) is 9.59 Å². The van der Waals surface area contributed by atoms with E-state index in [1.54, 1.807) is 30.3 Å². The van der Waals surface area contributed by atoms with E-state index in [1.807, 2.05) is 0 Å². The summed E-state index contributed by atoms with van der Waals surface area (Å²) in [6.45, 7) is 0. The highest BCUT2D eigenvalue weighted by atomic mass is 35.5. The molecule has 0 aliphatic heterocycles. The van der Waals surface area contributed by atoms with E-state index in [1.165, 1.54) is 18.5 Å². The monoisotopic (exact) mass is 291 g/mol. The minimum atomic E-state index is -0.896. The van der Waals surface area contributed by atoms with Gasteiger partial charge in [0.05, 0.1) is 12.5 Å². The largest absolute Gasteiger partial charge is 0.463 e. The van der Waals surface area contributed by atoms with Crippen LogP contribution in [0.15, 0.2) is 52.2 Å². The van der Waals surface area contributed by atoms with Gasteiger partial charge in [0, 0.05) is 10.7 Å². The fraction of sp³-hybridized carbons (Fsp3) is 0. The Labute approximate surface area is 119 Å². The van der Waals surface area contributed by atoms with Gasteiger partial charge in [-0.25, -0.2) is 5.43 Å². The molecule has 0 radical (unpaired) electrons. The van der Waals surface area contributed by atoms with Gasteiger partial charge < -0.3 is 9.73 Å². The molecule has 0 saturated carbocycles. The molecule has 6 nitrogen and oxygen atoms in total. The molecule has 0 unspecified atom stereocenters. The van der Waals surface area contributed by atoms with Crippen molar-refractivity contribution < 1.29 is 14.0 Å². The predicted molar refractivity (Wildman–Crippen MR) is 74.5 cm³/mol. The first-order chi connectivity index (χ1) is 9.65. The summed E-state index contributed by atoms with van der Waals surface area (Å²) in [6.07, 6.45) is 2.75. The van der Waals surface area contributed by atoms with E-state index in [-0.39, 0.29) is 0 Å². The van der Waals surface area contributed by atoms with Crippen molar-refractivity contribution in [1.29, 1.82) is 0 Å². The Morgan fingerprint density at radius 3 is 2.75 bits per heavy atom. The van der Waals surface area contributed by atoms with Crippen LogP contribution in [0.1, 0.15) is 5.76 Å². The Morgan fingerprint density at radius 2 is 2.05 bits per heavy atom. The van der Waals surface area contributed by atoms with Crippen LogP contribution in [0, 0.1) is 0 Å². The number of hydrazone groups is 1. The number of amides is 2. The first-order valence-corrected chi connectivity index (χ1v) is 5.96. The molecule has 0 aliphatic rings. The molecule has 102 valence electrons. The highest BCUT2D eigenvalue weighted by Gasteiger charge is 2.12. The molecule has 0 saturated heterocycles. The second kappa shape index (κ2) is 6.53. The molecule has 1 aromatic carbocycles. The van der Waals surface area contributed by atoms with Crippen LogP contribution in [0.5, 0.6) is 0 Å². The van der Waals surface area contributed by atoms with E-state index >= 15 is 0 Å². The molecule has 1 heterocycles. The van der Waals surface area contributed by atoms with Gasteiger partial charge in [-0.05, 0) is 30.3 Å². The lowest BCUT2D eigenvalue weighted by atomic mass is 10.3. The molecule has 0 aliphatic carbocycles. The summed E-state index contributed by atoms with van der Waals surface area (Å²) >= 11 is 5.76. The predicted octanol–water partition coefficient (Wildman–Crippen LogP) is 2.02. The highest BCUT2D eigenvalue weighted by Crippen LogP contribution is 2.14. The lowest BCUT2D eigenvalue weighted by molar-refractivity contribution is -0.136. The number of hydrogen-bond acceptors (Lipinski definition) is 4. The molecule has 0 fully saturated rings. The van der Waals surface area contributed by atoms with Gasteiger partial charge in [-0.1, -0.05) is 17.7 Å². The van der Waals surface area contributed by atoms with E-state index < -0.39 is 11.8 Å². The molecule has 20 heavy (non-hydrogen) atoms. The molecule has 2 amide bonds. The number of carbonyl (C=O) groups is 2. The van der Waals surface area contributed by atoms with E-state index in [0.29, 0.717) is 16.5 Å². The molecule has 0 bridgehead atoms. The zero-order chi connectivity index (χ0) is 14.4. The molecule has 0 atom stereocenters. The molecule has 2 N–H and O–H groups in total. The summed E-state index contributed by atoms with van der Waals surface area (Å²) in [5.41, 5.74) is 2.50. The number of furan rings is 1. The van der Waals surface area contributed by atoms with Crippen molar-refractivity contribution in [3.63, 3.8) is 0 Å². The van der Waals surface area contributed by atoms with Gasteiger partial charge in [0.2, 0.25) is 0 Å². The zero-order valence-electron chi connectivity index (χ0n) is 10.2. The smallest absolute Gasteiger partial charge is 0.329 e. The summed E-state index contributed by atoms with van der Waals surface area (Å²) in [6, 6.07) is 9.79. The number of rotatable bonds is 3. The van der Waals surface area contributed by atoms with Crippen LogP contribution in [0.3, 0.4) is 0 Å². The number of nitrogens with zero attached hydrogens (tertiary/aromatic N) is 1. The number of hydrogen-bond donors (Lipinski definition) is 2. The van der Waals surface area contributed by atoms with E-state index in [2.05, 4.69) is 15.8 Å². The second-order valence-electron chi connectivity index (χ2n) is 3.68. The Kier molecular flexibility index (Phi) is 4.52. The normalized spacial score (nSPS) is 10.4. The summed E-state index contributed by atoms with van der Waals surface area (Å²) in [7, 11) is 0. The van der Waals surface area contributed by atoms with Gasteiger partial charge in [0.1, 0.15) is 5.76 Å². The second-order valence-corrected chi connectivity index (χ2v) is 4.12. The fourth-order valence-corrected chi connectivity index (χ4v) is 1.51. The van der Waals surface area contributed by atoms with Crippen LogP contribution in [-0.2, 0) is 9.59 Å². The Morgan fingerprint density at radius 1 is 1.20 bits per heavy atom. The molecular weight excluding hydrogens is 282 g/mol. The summed E-state index contributed by atoms with van der Waals surface area (Å²) in [4.78, 5) is 23.0. The first kappa shape index (κ1) is 13.8. The topological polar surface area (TPSA) is 83.7 Å². The number of benzene rings is 1. The SMILES string of the molecule is O=C(N/N=C/c1ccco1)C(=O)Nc1cccc(Cl)c1. The molecule has 0 spiro atoms. The van der Waals surface area contributed by atoms with Gasteiger partial charge >= 0.3 is 11.8 Å². The maximum atomic E-state index is 11.6. The van der Waals surface area contributed by atoms with Crippen LogP contribution in [-0.4, -0.2) is 18.0 Å². The summed E-state index contributed by atoms with van der Waals surface area (Å²) in [5, 5.41) is 6.44. The van der Waals surface area contributed by atoms with E-state index in [0.717, 1.165) is 0 Å². The number of anilines is 1. The first-order valence-electron chi connectivity index (χ1n) is 5.58. The van der Waals surface area contributed by atoms with Gasteiger partial charge in [0.15, 0.2) is 0 Å². The van der Waals surface area contributed by atoms with Crippen LogP contribution in [0.4, 0.5) is 5.69 Å². The van der Waals surface area contributed by atoms with Crippen molar-refractivity contribution in [1.82, 2.24) is 5.43 Å². The summed E-state index contributed by atoms with van der Waals surface area (Å²) in [5.74, 6) is -1.28. The molecule has 7 heteroatoms. The third-order valence-corrected chi connectivity index (χ3v) is 2.42. The van der Waals surface area contributed by atoms with Gasteiger partial charge in [-0.3, -0.25) is 9.59 Å². The molecule has 2 aromatic rings. The molecular formula is C13H10ClN3O3. The third-order valence-electron chi connectivity index (χ3n) is 2.19. The van der Waals surface area contributed by atoms with Crippen molar-refractivity contribution in [2.75, 3.05) is 5.32 Å². The van der Waals surface area contributed by atoms with Crippen molar-refractivity contribution in [3.05, 3.63) is 53.4 Å². The van der Waals surface area contributed by atoms with Crippen LogP contribution >= 0.6 is 11.6 Å². The molecule has 2 rings (SSSR count). The molecule has 1 aromatic heterocycles. The minimum absolute atomic E-state index is 0.424. The minimum Gasteiger partial charge on any atom is -0.463 e. The zero-order valence-corrected chi connectivity index (χ0v) is 10.9. The number of halogens is 1. The Bertz CT molecular complexity index is 638. The fourth-order valence-electron chi connectivity index (χ4n) is 1.32. The maximum Gasteiger partial charge on any atom is 0.329 e. The lowest BCUT2D eigenvalue weighted by Gasteiger charge is -2.03. The van der Waals surface area contributed by atoms with Gasteiger partial charge in [-0.15, -0.1) is 0 Å².